The average Bonchev–Trinajstić information content (AvgIpc) is 2.50. The highest BCUT2D eigenvalue weighted by Crippen LogP contribution is 2.27. The second-order valence-electron chi connectivity index (χ2n) is 4.38. The van der Waals surface area contributed by atoms with Crippen LogP contribution in [0.1, 0.15) is 46.5 Å². The number of rotatable bonds is 5. The molecule has 82 valence electrons. The first-order valence-electron chi connectivity index (χ1n) is 5.86. The summed E-state index contributed by atoms with van der Waals surface area (Å²) in [5, 5.41) is 2.25. The van der Waals surface area contributed by atoms with E-state index < -0.39 is 0 Å². The van der Waals surface area contributed by atoms with Crippen LogP contribution in [0.25, 0.3) is 0 Å². The molecule has 1 N–H and O–H groups in total. The molecule has 0 aliphatic carbocycles. The van der Waals surface area contributed by atoms with Gasteiger partial charge in [-0.25, -0.2) is 5.01 Å². The van der Waals surface area contributed by atoms with Gasteiger partial charge < -0.3 is 5.43 Å². The maximum Gasteiger partial charge on any atom is 0.0539 e. The highest BCUT2D eigenvalue weighted by atomic mass is 15.5. The van der Waals surface area contributed by atoms with Crippen LogP contribution in [0.15, 0.2) is 11.8 Å². The molecule has 1 heterocycles. The van der Waals surface area contributed by atoms with E-state index >= 15 is 0 Å². The minimum atomic E-state index is 0.617. The Balaban J connectivity index is 2.54. The molecule has 0 saturated carbocycles. The zero-order valence-corrected chi connectivity index (χ0v) is 10.0. The van der Waals surface area contributed by atoms with Crippen molar-refractivity contribution < 1.29 is 0 Å². The Hall–Kier alpha value is -0.500. The Morgan fingerprint density at radius 3 is 2.64 bits per heavy atom. The lowest BCUT2D eigenvalue weighted by Gasteiger charge is -2.29. The molecule has 1 rings (SSSR count). The summed E-state index contributed by atoms with van der Waals surface area (Å²) in [5.74, 6) is 0.811. The number of nitrogens with one attached hydrogen (secondary N) is 1. The van der Waals surface area contributed by atoms with Crippen LogP contribution in [0.4, 0.5) is 0 Å². The Morgan fingerprint density at radius 1 is 1.50 bits per heavy atom. The molecular weight excluding hydrogens is 172 g/mol. The van der Waals surface area contributed by atoms with Crippen LogP contribution in [-0.4, -0.2) is 18.1 Å². The molecule has 14 heavy (non-hydrogen) atoms. The second kappa shape index (κ2) is 5.40. The monoisotopic (exact) mass is 196 g/mol. The molecule has 0 saturated heterocycles. The summed E-state index contributed by atoms with van der Waals surface area (Å²) in [6.07, 6.45) is 7.44. The predicted octanol–water partition coefficient (Wildman–Crippen LogP) is 2.93. The van der Waals surface area contributed by atoms with Crippen LogP contribution < -0.4 is 5.43 Å². The van der Waals surface area contributed by atoms with E-state index in [4.69, 9.17) is 0 Å². The smallest absolute Gasteiger partial charge is 0.0539 e. The molecule has 2 atom stereocenters. The van der Waals surface area contributed by atoms with Gasteiger partial charge in [0.15, 0.2) is 0 Å². The molecule has 2 heteroatoms. The van der Waals surface area contributed by atoms with E-state index in [1.165, 1.54) is 31.3 Å². The van der Waals surface area contributed by atoms with Crippen molar-refractivity contribution >= 4 is 0 Å². The van der Waals surface area contributed by atoms with Gasteiger partial charge in [-0.05, 0) is 24.8 Å². The molecule has 0 fully saturated rings. The van der Waals surface area contributed by atoms with Gasteiger partial charge in [-0.3, -0.25) is 0 Å². The molecule has 0 bridgehead atoms. The van der Waals surface area contributed by atoms with Gasteiger partial charge in [0.25, 0.3) is 0 Å². The fourth-order valence-electron chi connectivity index (χ4n) is 2.41. The molecule has 0 spiro atoms. The standard InChI is InChI=1S/C12H24N2/c1-5-7-8-11(6-2)12-10(3)9-13-14(12)4/h9,11-13H,5-8H2,1-4H3. The molecule has 0 aromatic rings. The molecule has 0 aromatic carbocycles. The first-order chi connectivity index (χ1) is 6.70. The van der Waals surface area contributed by atoms with Crippen molar-refractivity contribution in [3.8, 4) is 0 Å². The zero-order valence-electron chi connectivity index (χ0n) is 10.0. The SMILES string of the molecule is CCCCC(CC)C1C(C)=CNN1C. The third-order valence-corrected chi connectivity index (χ3v) is 3.28. The van der Waals surface area contributed by atoms with Crippen molar-refractivity contribution in [2.24, 2.45) is 5.92 Å². The maximum absolute atomic E-state index is 3.28. The van der Waals surface area contributed by atoms with E-state index in [2.05, 4.69) is 44.5 Å². The summed E-state index contributed by atoms with van der Waals surface area (Å²) in [6, 6.07) is 0.617. The summed E-state index contributed by atoms with van der Waals surface area (Å²) >= 11 is 0. The van der Waals surface area contributed by atoms with Crippen LogP contribution in [0.2, 0.25) is 0 Å². The van der Waals surface area contributed by atoms with Gasteiger partial charge in [0.1, 0.15) is 0 Å². The lowest BCUT2D eigenvalue weighted by Crippen LogP contribution is -2.39. The predicted molar refractivity (Wildman–Crippen MR) is 61.7 cm³/mol. The fourth-order valence-corrected chi connectivity index (χ4v) is 2.41. The number of unbranched alkanes of at least 4 members (excludes halogenated alkanes) is 1. The van der Waals surface area contributed by atoms with Crippen LogP contribution in [0.5, 0.6) is 0 Å². The van der Waals surface area contributed by atoms with E-state index in [0.29, 0.717) is 6.04 Å². The third-order valence-electron chi connectivity index (χ3n) is 3.28. The minimum absolute atomic E-state index is 0.617. The lowest BCUT2D eigenvalue weighted by atomic mass is 9.88. The van der Waals surface area contributed by atoms with Crippen LogP contribution in [0, 0.1) is 5.92 Å². The average molecular weight is 196 g/mol. The first kappa shape index (κ1) is 11.6. The molecule has 0 radical (unpaired) electrons. The summed E-state index contributed by atoms with van der Waals surface area (Å²) < 4.78 is 0. The Kier molecular flexibility index (Phi) is 4.46. The number of hydrogen-bond acceptors (Lipinski definition) is 2. The molecular formula is C12H24N2. The molecule has 2 unspecified atom stereocenters. The van der Waals surface area contributed by atoms with Gasteiger partial charge in [-0.1, -0.05) is 33.1 Å². The number of hydrogen-bond donors (Lipinski definition) is 1. The van der Waals surface area contributed by atoms with Crippen molar-refractivity contribution in [3.05, 3.63) is 11.8 Å². The van der Waals surface area contributed by atoms with E-state index in [1.54, 1.807) is 0 Å². The van der Waals surface area contributed by atoms with E-state index in [0.717, 1.165) is 5.92 Å². The lowest BCUT2D eigenvalue weighted by molar-refractivity contribution is 0.176. The minimum Gasteiger partial charge on any atom is -0.326 e. The quantitative estimate of drug-likeness (QED) is 0.727. The van der Waals surface area contributed by atoms with Crippen molar-refractivity contribution in [2.45, 2.75) is 52.5 Å². The van der Waals surface area contributed by atoms with Gasteiger partial charge in [0.05, 0.1) is 6.04 Å². The van der Waals surface area contributed by atoms with Gasteiger partial charge >= 0.3 is 0 Å². The molecule has 2 nitrogen and oxygen atoms in total. The fraction of sp³-hybridized carbons (Fsp3) is 0.833. The van der Waals surface area contributed by atoms with Crippen LogP contribution >= 0.6 is 0 Å². The van der Waals surface area contributed by atoms with Gasteiger partial charge in [-0.15, -0.1) is 0 Å². The Labute approximate surface area is 88.3 Å². The Bertz CT molecular complexity index is 198. The maximum atomic E-state index is 3.28. The number of likely N-dealkylation sites (N-methyl/N-ethyl adjacent to an activating group) is 1. The third kappa shape index (κ3) is 2.50. The van der Waals surface area contributed by atoms with E-state index in [9.17, 15) is 0 Å². The van der Waals surface area contributed by atoms with Crippen molar-refractivity contribution in [2.75, 3.05) is 7.05 Å². The van der Waals surface area contributed by atoms with E-state index in [-0.39, 0.29) is 0 Å². The molecule has 1 aliphatic heterocycles. The van der Waals surface area contributed by atoms with Gasteiger partial charge in [0.2, 0.25) is 0 Å². The number of hydrazine groups is 1. The summed E-state index contributed by atoms with van der Waals surface area (Å²) in [7, 11) is 2.15. The topological polar surface area (TPSA) is 15.3 Å². The van der Waals surface area contributed by atoms with Crippen LogP contribution in [-0.2, 0) is 0 Å². The highest BCUT2D eigenvalue weighted by Gasteiger charge is 2.28. The second-order valence-corrected chi connectivity index (χ2v) is 4.38. The van der Waals surface area contributed by atoms with Gasteiger partial charge in [-0.2, -0.15) is 0 Å². The molecule has 0 amide bonds. The molecule has 1 aliphatic rings. The summed E-state index contributed by atoms with van der Waals surface area (Å²) in [6.45, 7) is 6.81. The largest absolute Gasteiger partial charge is 0.326 e. The number of nitrogens with zero attached hydrogens (tertiary/aromatic N) is 1. The summed E-state index contributed by atoms with van der Waals surface area (Å²) in [5.41, 5.74) is 4.76. The highest BCUT2D eigenvalue weighted by molar-refractivity contribution is 5.13. The normalized spacial score (nSPS) is 24.6. The van der Waals surface area contributed by atoms with E-state index in [1.807, 2.05) is 0 Å². The van der Waals surface area contributed by atoms with Crippen LogP contribution in [0.3, 0.4) is 0 Å². The van der Waals surface area contributed by atoms with Crippen molar-refractivity contribution in [1.29, 1.82) is 0 Å². The Morgan fingerprint density at radius 2 is 2.21 bits per heavy atom. The summed E-state index contributed by atoms with van der Waals surface area (Å²) in [4.78, 5) is 0. The van der Waals surface area contributed by atoms with Gasteiger partial charge in [0, 0.05) is 13.2 Å². The van der Waals surface area contributed by atoms with Crippen molar-refractivity contribution in [3.63, 3.8) is 0 Å². The molecule has 0 aromatic heterocycles. The zero-order chi connectivity index (χ0) is 10.6. The first-order valence-corrected chi connectivity index (χ1v) is 5.86. The van der Waals surface area contributed by atoms with Crippen molar-refractivity contribution in [1.82, 2.24) is 10.4 Å².